The van der Waals surface area contributed by atoms with Crippen LogP contribution >= 0.6 is 0 Å². The average molecular weight is 275 g/mol. The number of carboxylic acids is 1. The van der Waals surface area contributed by atoms with Crippen LogP contribution in [0.15, 0.2) is 24.3 Å². The summed E-state index contributed by atoms with van der Waals surface area (Å²) >= 11 is 0. The molecule has 2 N–H and O–H groups in total. The molecule has 0 saturated carbocycles. The molecule has 0 amide bonds. The van der Waals surface area contributed by atoms with Gasteiger partial charge in [-0.25, -0.2) is 4.79 Å². The Morgan fingerprint density at radius 2 is 2.05 bits per heavy atom. The first-order chi connectivity index (χ1) is 9.63. The van der Waals surface area contributed by atoms with Crippen molar-refractivity contribution in [2.75, 3.05) is 19.0 Å². The molecule has 0 aliphatic carbocycles. The van der Waals surface area contributed by atoms with Gasteiger partial charge in [0, 0.05) is 30.9 Å². The summed E-state index contributed by atoms with van der Waals surface area (Å²) in [4.78, 5) is 11.2. The molecule has 106 valence electrons. The number of rotatable bonds is 6. The number of aromatic nitrogens is 2. The maximum atomic E-state index is 11.2. The maximum Gasteiger partial charge on any atom is 0.326 e. The van der Waals surface area contributed by atoms with Crippen molar-refractivity contribution in [3.8, 4) is 0 Å². The van der Waals surface area contributed by atoms with E-state index in [1.807, 2.05) is 31.2 Å². The molecule has 1 unspecified atom stereocenters. The summed E-state index contributed by atoms with van der Waals surface area (Å²) in [5.41, 5.74) is 0.815. The monoisotopic (exact) mass is 275 g/mol. The SMILES string of the molecule is COCCC(Nc1nnc(C)c2ccccc12)C(=O)O. The summed E-state index contributed by atoms with van der Waals surface area (Å²) in [6.07, 6.45) is 0.357. The fourth-order valence-corrected chi connectivity index (χ4v) is 2.00. The zero-order chi connectivity index (χ0) is 14.5. The van der Waals surface area contributed by atoms with Crippen LogP contribution < -0.4 is 5.32 Å². The van der Waals surface area contributed by atoms with Crippen LogP contribution in [-0.4, -0.2) is 41.0 Å². The molecule has 0 spiro atoms. The van der Waals surface area contributed by atoms with E-state index in [2.05, 4.69) is 15.5 Å². The third kappa shape index (κ3) is 3.03. The van der Waals surface area contributed by atoms with Crippen molar-refractivity contribution >= 4 is 22.6 Å². The lowest BCUT2D eigenvalue weighted by Gasteiger charge is -2.16. The van der Waals surface area contributed by atoms with Crippen LogP contribution in [0.3, 0.4) is 0 Å². The molecule has 1 atom stereocenters. The van der Waals surface area contributed by atoms with Gasteiger partial charge in [-0.15, -0.1) is 5.10 Å². The van der Waals surface area contributed by atoms with Gasteiger partial charge in [0.05, 0.1) is 5.69 Å². The lowest BCUT2D eigenvalue weighted by Crippen LogP contribution is -2.31. The fourth-order valence-electron chi connectivity index (χ4n) is 2.00. The van der Waals surface area contributed by atoms with E-state index in [-0.39, 0.29) is 0 Å². The Kier molecular flexibility index (Phi) is 4.47. The van der Waals surface area contributed by atoms with Crippen LogP contribution in [0.5, 0.6) is 0 Å². The highest BCUT2D eigenvalue weighted by Gasteiger charge is 2.19. The molecule has 1 heterocycles. The number of aryl methyl sites for hydroxylation is 1. The molecule has 20 heavy (non-hydrogen) atoms. The zero-order valence-electron chi connectivity index (χ0n) is 11.5. The molecule has 1 aromatic carbocycles. The normalized spacial score (nSPS) is 12.3. The van der Waals surface area contributed by atoms with Gasteiger partial charge in [-0.05, 0) is 6.92 Å². The second kappa shape index (κ2) is 6.29. The van der Waals surface area contributed by atoms with Gasteiger partial charge in [-0.1, -0.05) is 24.3 Å². The molecule has 0 radical (unpaired) electrons. The van der Waals surface area contributed by atoms with E-state index in [4.69, 9.17) is 4.74 Å². The number of hydrogen-bond donors (Lipinski definition) is 2. The van der Waals surface area contributed by atoms with Crippen molar-refractivity contribution in [1.82, 2.24) is 10.2 Å². The molecular formula is C14H17N3O3. The largest absolute Gasteiger partial charge is 0.480 e. The highest BCUT2D eigenvalue weighted by Crippen LogP contribution is 2.23. The predicted molar refractivity (Wildman–Crippen MR) is 75.8 cm³/mol. The number of hydrogen-bond acceptors (Lipinski definition) is 5. The Labute approximate surface area is 116 Å². The summed E-state index contributed by atoms with van der Waals surface area (Å²) in [7, 11) is 1.54. The Morgan fingerprint density at radius 1 is 1.35 bits per heavy atom. The van der Waals surface area contributed by atoms with Crippen LogP contribution in [0, 0.1) is 6.92 Å². The Hall–Kier alpha value is -2.21. The average Bonchev–Trinajstić information content (AvgIpc) is 2.45. The van der Waals surface area contributed by atoms with Crippen molar-refractivity contribution in [3.63, 3.8) is 0 Å². The maximum absolute atomic E-state index is 11.2. The van der Waals surface area contributed by atoms with Gasteiger partial charge in [0.15, 0.2) is 5.82 Å². The van der Waals surface area contributed by atoms with Gasteiger partial charge >= 0.3 is 5.97 Å². The van der Waals surface area contributed by atoms with Gasteiger partial charge in [0.2, 0.25) is 0 Å². The van der Waals surface area contributed by atoms with Gasteiger partial charge in [0.25, 0.3) is 0 Å². The van der Waals surface area contributed by atoms with Crippen molar-refractivity contribution in [3.05, 3.63) is 30.0 Å². The van der Waals surface area contributed by atoms with E-state index >= 15 is 0 Å². The molecular weight excluding hydrogens is 258 g/mol. The highest BCUT2D eigenvalue weighted by atomic mass is 16.5. The van der Waals surface area contributed by atoms with Gasteiger partial charge in [-0.3, -0.25) is 0 Å². The third-order valence-corrected chi connectivity index (χ3v) is 3.09. The fraction of sp³-hybridized carbons (Fsp3) is 0.357. The number of nitrogens with one attached hydrogen (secondary N) is 1. The second-order valence-electron chi connectivity index (χ2n) is 4.50. The molecule has 2 aromatic rings. The number of anilines is 1. The summed E-state index contributed by atoms with van der Waals surface area (Å²) in [6.45, 7) is 2.24. The molecule has 6 heteroatoms. The Bertz CT molecular complexity index is 616. The molecule has 0 aliphatic heterocycles. The van der Waals surface area contributed by atoms with E-state index < -0.39 is 12.0 Å². The van der Waals surface area contributed by atoms with Gasteiger partial charge in [-0.2, -0.15) is 5.10 Å². The summed E-state index contributed by atoms with van der Waals surface area (Å²) < 4.78 is 4.93. The van der Waals surface area contributed by atoms with Crippen LogP contribution in [0.4, 0.5) is 5.82 Å². The quantitative estimate of drug-likeness (QED) is 0.836. The lowest BCUT2D eigenvalue weighted by molar-refractivity contribution is -0.138. The molecule has 6 nitrogen and oxygen atoms in total. The smallest absolute Gasteiger partial charge is 0.326 e. The first-order valence-corrected chi connectivity index (χ1v) is 6.33. The van der Waals surface area contributed by atoms with E-state index in [0.717, 1.165) is 16.5 Å². The number of benzene rings is 1. The molecule has 0 bridgehead atoms. The number of methoxy groups -OCH3 is 1. The number of nitrogens with zero attached hydrogens (tertiary/aromatic N) is 2. The molecule has 1 aromatic heterocycles. The lowest BCUT2D eigenvalue weighted by atomic mass is 10.1. The number of carbonyl (C=O) groups is 1. The van der Waals surface area contributed by atoms with Crippen molar-refractivity contribution in [1.29, 1.82) is 0 Å². The van der Waals surface area contributed by atoms with Crippen LogP contribution in [0.1, 0.15) is 12.1 Å². The van der Waals surface area contributed by atoms with Gasteiger partial charge < -0.3 is 15.2 Å². The first kappa shape index (κ1) is 14.2. The van der Waals surface area contributed by atoms with Crippen molar-refractivity contribution in [2.45, 2.75) is 19.4 Å². The van der Waals surface area contributed by atoms with E-state index in [0.29, 0.717) is 18.8 Å². The summed E-state index contributed by atoms with van der Waals surface area (Å²) in [6, 6.07) is 6.89. The molecule has 0 saturated heterocycles. The third-order valence-electron chi connectivity index (χ3n) is 3.09. The standard InChI is InChI=1S/C14H17N3O3/c1-9-10-5-3-4-6-11(10)13(17-16-9)15-12(14(18)19)7-8-20-2/h3-6,12H,7-8H2,1-2H3,(H,15,17)(H,18,19). The minimum absolute atomic E-state index is 0.357. The first-order valence-electron chi connectivity index (χ1n) is 6.33. The summed E-state index contributed by atoms with van der Waals surface area (Å²) in [5.74, 6) is -0.455. The number of ether oxygens (including phenoxy) is 1. The van der Waals surface area contributed by atoms with Crippen molar-refractivity contribution in [2.24, 2.45) is 0 Å². The highest BCUT2D eigenvalue weighted by molar-refractivity contribution is 5.94. The van der Waals surface area contributed by atoms with Crippen molar-refractivity contribution < 1.29 is 14.6 Å². The number of carboxylic acid groups (broad SMARTS) is 1. The van der Waals surface area contributed by atoms with Gasteiger partial charge in [0.1, 0.15) is 6.04 Å². The Balaban J connectivity index is 2.32. The molecule has 2 rings (SSSR count). The van der Waals surface area contributed by atoms with E-state index in [1.54, 1.807) is 7.11 Å². The summed E-state index contributed by atoms with van der Waals surface area (Å²) in [5, 5.41) is 22.1. The minimum Gasteiger partial charge on any atom is -0.480 e. The van der Waals surface area contributed by atoms with Crippen LogP contribution in [-0.2, 0) is 9.53 Å². The van der Waals surface area contributed by atoms with Crippen LogP contribution in [0.2, 0.25) is 0 Å². The Morgan fingerprint density at radius 3 is 2.70 bits per heavy atom. The number of fused-ring (bicyclic) bond motifs is 1. The van der Waals surface area contributed by atoms with E-state index in [9.17, 15) is 9.90 Å². The zero-order valence-corrected chi connectivity index (χ0v) is 11.5. The number of aliphatic carboxylic acids is 1. The molecule has 0 aliphatic rings. The predicted octanol–water partition coefficient (Wildman–Crippen LogP) is 1.84. The second-order valence-corrected chi connectivity index (χ2v) is 4.50. The minimum atomic E-state index is -0.937. The topological polar surface area (TPSA) is 84.3 Å². The molecule has 0 fully saturated rings. The van der Waals surface area contributed by atoms with Crippen LogP contribution in [0.25, 0.3) is 10.8 Å². The van der Waals surface area contributed by atoms with E-state index in [1.165, 1.54) is 0 Å².